The number of sulfone groups is 1. The van der Waals surface area contributed by atoms with Gasteiger partial charge in [-0.3, -0.25) is 10.1 Å². The molecule has 0 amide bonds. The highest BCUT2D eigenvalue weighted by Gasteiger charge is 2.50. The minimum absolute atomic E-state index is 0.0164. The third-order valence-electron chi connectivity index (χ3n) is 3.81. The summed E-state index contributed by atoms with van der Waals surface area (Å²) < 4.78 is 63.4. The van der Waals surface area contributed by atoms with Gasteiger partial charge in [0.25, 0.3) is 15.5 Å². The third kappa shape index (κ3) is 3.82. The number of rotatable bonds is 3. The lowest BCUT2D eigenvalue weighted by molar-refractivity contribution is -0.384. The molecule has 0 aliphatic heterocycles. The van der Waals surface area contributed by atoms with Crippen LogP contribution in [0.5, 0.6) is 0 Å². The Morgan fingerprint density at radius 1 is 1.14 bits per heavy atom. The van der Waals surface area contributed by atoms with Crippen LogP contribution in [0.3, 0.4) is 0 Å². The summed E-state index contributed by atoms with van der Waals surface area (Å²) in [5.74, 6) is 0. The Morgan fingerprint density at radius 3 is 2.07 bits per heavy atom. The number of halogens is 3. The van der Waals surface area contributed by atoms with Crippen LogP contribution in [0.15, 0.2) is 35.4 Å². The molecular weight excluding hydrogens is 399 g/mol. The van der Waals surface area contributed by atoms with E-state index in [1.807, 2.05) is 0 Å². The van der Waals surface area contributed by atoms with Crippen LogP contribution in [0.1, 0.15) is 32.0 Å². The van der Waals surface area contributed by atoms with Crippen molar-refractivity contribution in [3.63, 3.8) is 0 Å². The molecule has 7 nitrogen and oxygen atoms in total. The van der Waals surface area contributed by atoms with Gasteiger partial charge < -0.3 is 0 Å². The van der Waals surface area contributed by atoms with Crippen molar-refractivity contribution in [2.45, 2.75) is 36.7 Å². The van der Waals surface area contributed by atoms with E-state index in [4.69, 9.17) is 0 Å². The Balaban J connectivity index is 2.91. The highest BCUT2D eigenvalue weighted by Crippen LogP contribution is 2.37. The molecule has 1 aromatic heterocycles. The number of hydrogen-bond donors (Lipinski definition) is 0. The zero-order chi connectivity index (χ0) is 21.5. The molecule has 0 atom stereocenters. The van der Waals surface area contributed by atoms with E-state index in [0.717, 1.165) is 12.1 Å². The van der Waals surface area contributed by atoms with Gasteiger partial charge in [-0.2, -0.15) is 18.4 Å². The van der Waals surface area contributed by atoms with Crippen molar-refractivity contribution >= 4 is 15.5 Å². The van der Waals surface area contributed by atoms with E-state index in [0.29, 0.717) is 0 Å². The lowest BCUT2D eigenvalue weighted by Gasteiger charge is -2.21. The number of pyridine rings is 1. The number of aromatic nitrogens is 1. The molecule has 148 valence electrons. The van der Waals surface area contributed by atoms with Gasteiger partial charge in [-0.15, -0.1) is 0 Å². The predicted octanol–water partition coefficient (Wildman–Crippen LogP) is 4.12. The fourth-order valence-electron chi connectivity index (χ4n) is 2.31. The summed E-state index contributed by atoms with van der Waals surface area (Å²) in [5.41, 5.74) is -7.47. The van der Waals surface area contributed by atoms with Gasteiger partial charge in [0.05, 0.1) is 10.5 Å². The quantitative estimate of drug-likeness (QED) is 0.552. The molecule has 0 spiro atoms. The van der Waals surface area contributed by atoms with Gasteiger partial charge in [0.1, 0.15) is 6.07 Å². The summed E-state index contributed by atoms with van der Waals surface area (Å²) in [6.07, 6.45) is 0. The highest BCUT2D eigenvalue weighted by atomic mass is 32.2. The Bertz CT molecular complexity index is 1080. The molecule has 2 aromatic rings. The van der Waals surface area contributed by atoms with Gasteiger partial charge in [0.15, 0.2) is 5.03 Å². The van der Waals surface area contributed by atoms with Crippen LogP contribution in [0, 0.1) is 21.4 Å². The first-order valence-corrected chi connectivity index (χ1v) is 9.20. The van der Waals surface area contributed by atoms with Crippen LogP contribution < -0.4 is 0 Å². The van der Waals surface area contributed by atoms with E-state index >= 15 is 0 Å². The summed E-state index contributed by atoms with van der Waals surface area (Å²) in [5, 5.41) is 18.8. The number of non-ortho nitro benzene ring substituents is 1. The molecule has 1 heterocycles. The maximum absolute atomic E-state index is 13.1. The zero-order valence-electron chi connectivity index (χ0n) is 14.9. The SMILES string of the molecule is CC(C)(C)c1cc(-c2ccc([N+](=O)[O-])cc2)c(C#N)c(S(=O)(=O)C(F)(F)F)n1. The van der Waals surface area contributed by atoms with Crippen LogP contribution in [0.4, 0.5) is 18.9 Å². The maximum Gasteiger partial charge on any atom is 0.503 e. The van der Waals surface area contributed by atoms with Crippen molar-refractivity contribution in [3.05, 3.63) is 51.7 Å². The van der Waals surface area contributed by atoms with Gasteiger partial charge in [-0.25, -0.2) is 13.4 Å². The van der Waals surface area contributed by atoms with Crippen molar-refractivity contribution in [2.75, 3.05) is 0 Å². The van der Waals surface area contributed by atoms with Crippen molar-refractivity contribution in [1.29, 1.82) is 5.26 Å². The van der Waals surface area contributed by atoms with Crippen molar-refractivity contribution in [3.8, 4) is 17.2 Å². The van der Waals surface area contributed by atoms with Gasteiger partial charge >= 0.3 is 5.51 Å². The van der Waals surface area contributed by atoms with E-state index in [1.54, 1.807) is 20.8 Å². The lowest BCUT2D eigenvalue weighted by atomic mass is 9.89. The standard InChI is InChI=1S/C17H14F3N3O4S/c1-16(2,3)14-8-12(10-4-6-11(7-5-10)23(24)25)13(9-21)15(22-14)28(26,27)17(18,19)20/h4-8H,1-3H3. The first-order chi connectivity index (χ1) is 12.7. The predicted molar refractivity (Wildman–Crippen MR) is 93.0 cm³/mol. The molecule has 0 bridgehead atoms. The molecule has 0 radical (unpaired) electrons. The van der Waals surface area contributed by atoms with Crippen molar-refractivity contribution in [2.24, 2.45) is 0 Å². The maximum atomic E-state index is 13.1. The summed E-state index contributed by atoms with van der Waals surface area (Å²) in [4.78, 5) is 13.8. The van der Waals surface area contributed by atoms with E-state index in [2.05, 4.69) is 4.98 Å². The van der Waals surface area contributed by atoms with Crippen LogP contribution in [0.2, 0.25) is 0 Å². The third-order valence-corrected chi connectivity index (χ3v) is 5.23. The number of benzene rings is 1. The molecule has 0 saturated carbocycles. The van der Waals surface area contributed by atoms with Crippen LogP contribution in [-0.4, -0.2) is 23.8 Å². The molecule has 2 rings (SSSR count). The smallest absolute Gasteiger partial charge is 0.258 e. The number of nitriles is 1. The Morgan fingerprint density at radius 2 is 1.68 bits per heavy atom. The largest absolute Gasteiger partial charge is 0.503 e. The Labute approximate surface area is 158 Å². The second-order valence-electron chi connectivity index (χ2n) is 6.85. The van der Waals surface area contributed by atoms with Crippen LogP contribution in [0.25, 0.3) is 11.1 Å². The topological polar surface area (TPSA) is 114 Å². The van der Waals surface area contributed by atoms with E-state index < -0.39 is 36.3 Å². The number of alkyl halides is 3. The molecule has 0 saturated heterocycles. The minimum Gasteiger partial charge on any atom is -0.258 e. The van der Waals surface area contributed by atoms with Crippen LogP contribution >= 0.6 is 0 Å². The molecule has 11 heteroatoms. The zero-order valence-corrected chi connectivity index (χ0v) is 15.7. The highest BCUT2D eigenvalue weighted by molar-refractivity contribution is 7.92. The molecular formula is C17H14F3N3O4S. The van der Waals surface area contributed by atoms with Gasteiger partial charge in [-0.1, -0.05) is 20.8 Å². The first kappa shape index (κ1) is 21.3. The van der Waals surface area contributed by atoms with Gasteiger partial charge in [0, 0.05) is 28.8 Å². The first-order valence-electron chi connectivity index (χ1n) is 7.72. The number of nitro groups is 1. The summed E-state index contributed by atoms with van der Waals surface area (Å²) in [7, 11) is -5.90. The Hall–Kier alpha value is -3.00. The monoisotopic (exact) mass is 413 g/mol. The molecule has 1 aromatic carbocycles. The second-order valence-corrected chi connectivity index (χ2v) is 8.71. The molecule has 0 aliphatic carbocycles. The van der Waals surface area contributed by atoms with E-state index in [1.165, 1.54) is 24.3 Å². The average Bonchev–Trinajstić information content (AvgIpc) is 2.58. The minimum atomic E-state index is -5.90. The normalized spacial score (nSPS) is 12.5. The summed E-state index contributed by atoms with van der Waals surface area (Å²) in [6.45, 7) is 4.85. The van der Waals surface area contributed by atoms with Gasteiger partial charge in [0.2, 0.25) is 0 Å². The molecule has 0 unspecified atom stereocenters. The second kappa shape index (κ2) is 6.87. The summed E-state index contributed by atoms with van der Waals surface area (Å²) in [6, 6.07) is 7.46. The number of nitrogens with zero attached hydrogens (tertiary/aromatic N) is 3. The van der Waals surface area contributed by atoms with Crippen LogP contribution in [-0.2, 0) is 15.3 Å². The number of hydrogen-bond acceptors (Lipinski definition) is 6. The van der Waals surface area contributed by atoms with Crippen molar-refractivity contribution in [1.82, 2.24) is 4.98 Å². The summed E-state index contributed by atoms with van der Waals surface area (Å²) >= 11 is 0. The molecule has 0 N–H and O–H groups in total. The number of nitro benzene ring substituents is 1. The molecule has 28 heavy (non-hydrogen) atoms. The molecule has 0 aliphatic rings. The average molecular weight is 413 g/mol. The van der Waals surface area contributed by atoms with Gasteiger partial charge in [-0.05, 0) is 23.8 Å². The Kier molecular flexibility index (Phi) is 5.22. The molecule has 0 fully saturated rings. The van der Waals surface area contributed by atoms with Crippen molar-refractivity contribution < 1.29 is 26.5 Å². The fraction of sp³-hybridized carbons (Fsp3) is 0.294. The van der Waals surface area contributed by atoms with E-state index in [9.17, 15) is 37.0 Å². The lowest BCUT2D eigenvalue weighted by Crippen LogP contribution is -2.27. The van der Waals surface area contributed by atoms with E-state index in [-0.39, 0.29) is 22.5 Å². The fourth-order valence-corrected chi connectivity index (χ4v) is 3.17.